The number of hydrogen-bond donors (Lipinski definition) is 2. The number of thioether (sulfide) groups is 1. The van der Waals surface area contributed by atoms with Gasteiger partial charge in [0.1, 0.15) is 5.82 Å². The van der Waals surface area contributed by atoms with E-state index in [0.717, 1.165) is 34.1 Å². The van der Waals surface area contributed by atoms with E-state index in [-0.39, 0.29) is 5.56 Å². The number of rotatable bonds is 7. The first-order chi connectivity index (χ1) is 15.8. The Labute approximate surface area is 198 Å². The van der Waals surface area contributed by atoms with Crippen molar-refractivity contribution in [1.29, 1.82) is 0 Å². The first kappa shape index (κ1) is 24.5. The summed E-state index contributed by atoms with van der Waals surface area (Å²) >= 11 is 1.63. The minimum Gasteiger partial charge on any atom is -0.326 e. The molecule has 2 N–H and O–H groups in total. The van der Waals surface area contributed by atoms with Crippen molar-refractivity contribution in [3.8, 4) is 0 Å². The quantitative estimate of drug-likeness (QED) is 0.287. The van der Waals surface area contributed by atoms with Gasteiger partial charge >= 0.3 is 0 Å². The molecule has 6 nitrogen and oxygen atoms in total. The van der Waals surface area contributed by atoms with E-state index < -0.39 is 11.7 Å². The largest absolute Gasteiger partial charge is 0.326 e. The van der Waals surface area contributed by atoms with Gasteiger partial charge in [-0.2, -0.15) is 5.10 Å². The maximum absolute atomic E-state index is 14.0. The molecule has 2 aromatic carbocycles. The lowest BCUT2D eigenvalue weighted by atomic mass is 10.1. The number of carbonyl (C=O) groups excluding carboxylic acids is 1. The molecule has 174 valence electrons. The first-order valence-corrected chi connectivity index (χ1v) is 12.1. The van der Waals surface area contributed by atoms with Crippen LogP contribution in [-0.4, -0.2) is 34.4 Å². The third-order valence-electron chi connectivity index (χ3n) is 5.46. The van der Waals surface area contributed by atoms with Gasteiger partial charge in [0, 0.05) is 34.9 Å². The molecule has 0 atom stereocenters. The molecule has 3 rings (SSSR count). The molecular formula is C25H30FN5OS. The first-order valence-electron chi connectivity index (χ1n) is 10.9. The van der Waals surface area contributed by atoms with Crippen LogP contribution < -0.4 is 10.6 Å². The molecule has 0 saturated carbocycles. The molecule has 0 unspecified atom stereocenters. The molecule has 1 amide bonds. The minimum absolute atomic E-state index is 0.237. The van der Waals surface area contributed by atoms with Crippen LogP contribution in [0.4, 0.5) is 10.1 Å². The highest BCUT2D eigenvalue weighted by molar-refractivity contribution is 7.98. The Morgan fingerprint density at radius 3 is 2.64 bits per heavy atom. The van der Waals surface area contributed by atoms with Crippen molar-refractivity contribution < 1.29 is 9.18 Å². The van der Waals surface area contributed by atoms with Crippen molar-refractivity contribution in [2.24, 2.45) is 4.99 Å². The summed E-state index contributed by atoms with van der Waals surface area (Å²) in [7, 11) is 0. The molecule has 8 heteroatoms. The molecule has 0 bridgehead atoms. The van der Waals surface area contributed by atoms with Crippen LogP contribution in [0.25, 0.3) is 0 Å². The van der Waals surface area contributed by atoms with Gasteiger partial charge in [-0.3, -0.25) is 19.8 Å². The fourth-order valence-corrected chi connectivity index (χ4v) is 4.00. The lowest BCUT2D eigenvalue weighted by Gasteiger charge is -2.13. The van der Waals surface area contributed by atoms with E-state index in [0.29, 0.717) is 24.5 Å². The van der Waals surface area contributed by atoms with Crippen molar-refractivity contribution in [3.63, 3.8) is 0 Å². The molecule has 0 saturated heterocycles. The Hall–Kier alpha value is -3.13. The number of aromatic nitrogens is 2. The number of nitrogens with one attached hydrogen (secondary N) is 2. The van der Waals surface area contributed by atoms with Crippen LogP contribution in [-0.2, 0) is 13.0 Å². The van der Waals surface area contributed by atoms with Crippen LogP contribution in [0.15, 0.2) is 52.4 Å². The van der Waals surface area contributed by atoms with E-state index in [2.05, 4.69) is 34.6 Å². The number of aliphatic imine (C=N–C) groups is 1. The monoisotopic (exact) mass is 467 g/mol. The number of hydrogen-bond acceptors (Lipinski definition) is 4. The smallest absolute Gasteiger partial charge is 0.258 e. The number of carbonyl (C=O) groups is 1. The lowest BCUT2D eigenvalue weighted by molar-refractivity contribution is 0.0976. The van der Waals surface area contributed by atoms with Crippen LogP contribution in [0.3, 0.4) is 0 Å². The molecule has 0 aliphatic rings. The third-order valence-corrected chi connectivity index (χ3v) is 6.19. The molecule has 3 aromatic rings. The summed E-state index contributed by atoms with van der Waals surface area (Å²) in [6.45, 7) is 9.06. The van der Waals surface area contributed by atoms with E-state index in [9.17, 15) is 9.18 Å². The van der Waals surface area contributed by atoms with E-state index in [1.807, 2.05) is 42.1 Å². The molecule has 0 aliphatic heterocycles. The average molecular weight is 468 g/mol. The molecule has 1 aromatic heterocycles. The van der Waals surface area contributed by atoms with Gasteiger partial charge < -0.3 is 5.32 Å². The standard InChI is InChI=1S/C25H30FN5OS/c1-6-31-18(4)22(17(3)30-31)12-13-27-25(28-20-8-7-9-21(15-20)33-5)29-24(32)19-11-10-16(2)23(26)14-19/h7-11,14-15H,6,12-13H2,1-5H3,(H2,27,28,29,32). The second-order valence-electron chi connectivity index (χ2n) is 7.72. The summed E-state index contributed by atoms with van der Waals surface area (Å²) in [6, 6.07) is 12.3. The van der Waals surface area contributed by atoms with Crippen molar-refractivity contribution in [3.05, 3.63) is 76.4 Å². The summed E-state index contributed by atoms with van der Waals surface area (Å²) in [5.74, 6) is -0.523. The van der Waals surface area contributed by atoms with Crippen LogP contribution in [0.1, 0.15) is 39.8 Å². The minimum atomic E-state index is -0.424. The summed E-state index contributed by atoms with van der Waals surface area (Å²) in [6.07, 6.45) is 2.70. The van der Waals surface area contributed by atoms with Crippen molar-refractivity contribution in [2.75, 3.05) is 18.1 Å². The van der Waals surface area contributed by atoms with Crippen LogP contribution >= 0.6 is 11.8 Å². The summed E-state index contributed by atoms with van der Waals surface area (Å²) < 4.78 is 15.9. The van der Waals surface area contributed by atoms with Crippen molar-refractivity contribution >= 4 is 29.3 Å². The molecule has 0 aliphatic carbocycles. The SMILES string of the molecule is CCn1nc(C)c(CCN=C(NC(=O)c2ccc(C)c(F)c2)Nc2cccc(SC)c2)c1C. The van der Waals surface area contributed by atoms with Gasteiger partial charge in [-0.25, -0.2) is 4.39 Å². The summed E-state index contributed by atoms with van der Waals surface area (Å²) in [4.78, 5) is 18.5. The van der Waals surface area contributed by atoms with Gasteiger partial charge in [0.25, 0.3) is 5.91 Å². The number of anilines is 1. The van der Waals surface area contributed by atoms with E-state index in [4.69, 9.17) is 0 Å². The van der Waals surface area contributed by atoms with Crippen molar-refractivity contribution in [2.45, 2.75) is 45.6 Å². The Morgan fingerprint density at radius 1 is 1.18 bits per heavy atom. The number of aryl methyl sites for hydroxylation is 3. The van der Waals surface area contributed by atoms with Crippen LogP contribution in [0.2, 0.25) is 0 Å². The van der Waals surface area contributed by atoms with Gasteiger partial charge in [-0.05, 0) is 81.8 Å². The Bertz CT molecular complexity index is 1170. The number of amides is 1. The number of nitrogens with zero attached hydrogens (tertiary/aromatic N) is 3. The normalized spacial score (nSPS) is 11.5. The van der Waals surface area contributed by atoms with Gasteiger partial charge in [-0.15, -0.1) is 11.8 Å². The van der Waals surface area contributed by atoms with E-state index in [1.54, 1.807) is 30.8 Å². The fourth-order valence-electron chi connectivity index (χ4n) is 3.54. The van der Waals surface area contributed by atoms with Gasteiger partial charge in [0.2, 0.25) is 5.96 Å². The van der Waals surface area contributed by atoms with Crippen LogP contribution in [0.5, 0.6) is 0 Å². The summed E-state index contributed by atoms with van der Waals surface area (Å²) in [5, 5.41) is 10.6. The Balaban J connectivity index is 1.81. The molecule has 1 heterocycles. The zero-order valence-corrected chi connectivity index (χ0v) is 20.5. The fraction of sp³-hybridized carbons (Fsp3) is 0.320. The van der Waals surface area contributed by atoms with E-state index in [1.165, 1.54) is 6.07 Å². The highest BCUT2D eigenvalue weighted by Crippen LogP contribution is 2.19. The lowest BCUT2D eigenvalue weighted by Crippen LogP contribution is -2.36. The van der Waals surface area contributed by atoms with E-state index >= 15 is 0 Å². The van der Waals surface area contributed by atoms with Crippen LogP contribution in [0, 0.1) is 26.6 Å². The third kappa shape index (κ3) is 6.22. The topological polar surface area (TPSA) is 71.3 Å². The zero-order chi connectivity index (χ0) is 24.0. The van der Waals surface area contributed by atoms with Gasteiger partial charge in [-0.1, -0.05) is 12.1 Å². The number of halogens is 1. The number of guanidine groups is 1. The highest BCUT2D eigenvalue weighted by Gasteiger charge is 2.13. The molecular weight excluding hydrogens is 437 g/mol. The van der Waals surface area contributed by atoms with Crippen molar-refractivity contribution in [1.82, 2.24) is 15.1 Å². The Kier molecular flexibility index (Phi) is 8.27. The maximum atomic E-state index is 14.0. The highest BCUT2D eigenvalue weighted by atomic mass is 32.2. The zero-order valence-electron chi connectivity index (χ0n) is 19.7. The second kappa shape index (κ2) is 11.1. The average Bonchev–Trinajstić information content (AvgIpc) is 3.08. The molecule has 0 spiro atoms. The predicted molar refractivity (Wildman–Crippen MR) is 134 cm³/mol. The van der Waals surface area contributed by atoms with Gasteiger partial charge in [0.15, 0.2) is 0 Å². The molecule has 0 radical (unpaired) electrons. The predicted octanol–water partition coefficient (Wildman–Crippen LogP) is 5.13. The maximum Gasteiger partial charge on any atom is 0.258 e. The second-order valence-corrected chi connectivity index (χ2v) is 8.60. The number of benzene rings is 2. The molecule has 0 fully saturated rings. The molecule has 33 heavy (non-hydrogen) atoms. The Morgan fingerprint density at radius 2 is 1.97 bits per heavy atom. The van der Waals surface area contributed by atoms with Gasteiger partial charge in [0.05, 0.1) is 5.69 Å². The summed E-state index contributed by atoms with van der Waals surface area (Å²) in [5.41, 5.74) is 4.82.